The summed E-state index contributed by atoms with van der Waals surface area (Å²) in [6.07, 6.45) is 14.8. The van der Waals surface area contributed by atoms with Gasteiger partial charge < -0.3 is 9.84 Å². The van der Waals surface area contributed by atoms with Crippen molar-refractivity contribution in [3.05, 3.63) is 23.3 Å². The van der Waals surface area contributed by atoms with Gasteiger partial charge in [0.2, 0.25) is 0 Å². The zero-order valence-electron chi connectivity index (χ0n) is 17.2. The number of halogens is 2. The van der Waals surface area contributed by atoms with E-state index in [1.165, 1.54) is 64.2 Å². The van der Waals surface area contributed by atoms with Crippen LogP contribution in [0.1, 0.15) is 75.3 Å². The molecule has 4 bridgehead atoms. The van der Waals surface area contributed by atoms with Crippen LogP contribution in [0, 0.1) is 17.8 Å². The molecule has 0 aromatic heterocycles. The van der Waals surface area contributed by atoms with Gasteiger partial charge in [-0.05, 0) is 86.7 Å². The first-order chi connectivity index (χ1) is 14.1. The minimum atomic E-state index is -0.826. The van der Waals surface area contributed by atoms with Gasteiger partial charge in [-0.1, -0.05) is 12.8 Å². The summed E-state index contributed by atoms with van der Waals surface area (Å²) >= 11 is -0.826. The van der Waals surface area contributed by atoms with Crippen LogP contribution in [0.4, 0.5) is 0 Å². The van der Waals surface area contributed by atoms with Gasteiger partial charge in [-0.2, -0.15) is 0 Å². The number of nitrogens with zero attached hydrogens (tertiary/aromatic N) is 1. The molecule has 0 atom stereocenters. The molecule has 0 spiro atoms. The predicted octanol–water partition coefficient (Wildman–Crippen LogP) is 6.61. The molecule has 5 fully saturated rings. The molecule has 1 N–H and O–H groups in total. The van der Waals surface area contributed by atoms with Crippen LogP contribution in [0.15, 0.2) is 17.1 Å². The fraction of sp³-hybridized carbons (Fsp3) is 0.696. The average Bonchev–Trinajstić information content (AvgIpc) is 3.20. The summed E-state index contributed by atoms with van der Waals surface area (Å²) in [7, 11) is 11.6. The molecular weight excluding hydrogens is 484 g/mol. The van der Waals surface area contributed by atoms with Crippen LogP contribution < -0.4 is 4.74 Å². The Hall–Kier alpha value is -0.0469. The molecular formula is C23H31Cl2NO2Zr. The first-order valence-corrected chi connectivity index (χ1v) is 17.3. The minimum absolute atomic E-state index is 0.170. The van der Waals surface area contributed by atoms with Crippen LogP contribution in [0.25, 0.3) is 0 Å². The number of ether oxygens (including phenoxy) is 1. The van der Waals surface area contributed by atoms with Crippen molar-refractivity contribution in [1.82, 2.24) is 0 Å². The van der Waals surface area contributed by atoms with E-state index in [2.05, 4.69) is 6.07 Å². The predicted molar refractivity (Wildman–Crippen MR) is 116 cm³/mol. The van der Waals surface area contributed by atoms with Gasteiger partial charge in [0, 0.05) is 23.4 Å². The standard InChI is InChI=1S/C23H31NO2.2ClH.Zr/c1-26-20-9-18(14-24-19-4-2-3-5-19)22(25)21(10-20)23-11-15-6-16(12-23)8-17(7-15)13-23;;;/h9-10,14-17,19,25H,2-8,11-13H2,1H3;2*1H;/q;;;+2/p-2. The van der Waals surface area contributed by atoms with Crippen molar-refractivity contribution >= 4 is 23.2 Å². The zero-order chi connectivity index (χ0) is 20.4. The van der Waals surface area contributed by atoms with Crippen molar-refractivity contribution in [2.24, 2.45) is 22.7 Å². The van der Waals surface area contributed by atoms with E-state index in [0.29, 0.717) is 11.8 Å². The van der Waals surface area contributed by atoms with Gasteiger partial charge in [0.1, 0.15) is 11.5 Å². The van der Waals surface area contributed by atoms with E-state index in [0.717, 1.165) is 34.6 Å². The number of rotatable bonds is 4. The third kappa shape index (κ3) is 4.75. The molecule has 5 aliphatic carbocycles. The normalized spacial score (nSPS) is 33.0. The molecule has 158 valence electrons. The van der Waals surface area contributed by atoms with Crippen molar-refractivity contribution in [2.45, 2.75) is 75.7 Å². The van der Waals surface area contributed by atoms with Crippen LogP contribution in [-0.4, -0.2) is 24.5 Å². The van der Waals surface area contributed by atoms with Gasteiger partial charge in [-0.3, -0.25) is 4.99 Å². The quantitative estimate of drug-likeness (QED) is 0.459. The average molecular weight is 516 g/mol. The number of phenolic OH excluding ortho intramolecular Hbond substituents is 1. The molecule has 0 radical (unpaired) electrons. The van der Waals surface area contributed by atoms with E-state index in [4.69, 9.17) is 26.8 Å². The van der Waals surface area contributed by atoms with Crippen LogP contribution >= 0.6 is 17.0 Å². The van der Waals surface area contributed by atoms with Crippen LogP contribution in [0.3, 0.4) is 0 Å². The first kappa shape index (κ1) is 22.2. The molecule has 29 heavy (non-hydrogen) atoms. The number of hydrogen-bond acceptors (Lipinski definition) is 3. The Kier molecular flexibility index (Phi) is 7.35. The topological polar surface area (TPSA) is 41.8 Å². The number of aliphatic imine (C=N–C) groups is 1. The van der Waals surface area contributed by atoms with E-state index < -0.39 is 20.8 Å². The van der Waals surface area contributed by atoms with Crippen molar-refractivity contribution in [2.75, 3.05) is 7.11 Å². The van der Waals surface area contributed by atoms with E-state index in [-0.39, 0.29) is 5.41 Å². The van der Waals surface area contributed by atoms with Gasteiger partial charge in [0.25, 0.3) is 0 Å². The second-order valence-electron chi connectivity index (χ2n) is 9.60. The number of hydrogen-bond donors (Lipinski definition) is 1. The number of methoxy groups -OCH3 is 1. The molecule has 3 nitrogen and oxygen atoms in total. The van der Waals surface area contributed by atoms with Crippen molar-refractivity contribution < 1.29 is 30.7 Å². The van der Waals surface area contributed by atoms with E-state index in [1.54, 1.807) is 7.11 Å². The fourth-order valence-electron chi connectivity index (χ4n) is 6.93. The fourth-order valence-corrected chi connectivity index (χ4v) is 6.93. The Morgan fingerprint density at radius 2 is 1.62 bits per heavy atom. The summed E-state index contributed by atoms with van der Waals surface area (Å²) in [5, 5.41) is 11.2. The van der Waals surface area contributed by atoms with Gasteiger partial charge >= 0.3 is 37.9 Å². The molecule has 0 aliphatic heterocycles. The third-order valence-electron chi connectivity index (χ3n) is 7.71. The molecule has 0 unspecified atom stereocenters. The molecule has 0 saturated heterocycles. The second-order valence-corrected chi connectivity index (χ2v) is 13.3. The molecule has 0 heterocycles. The molecule has 6 heteroatoms. The molecule has 0 amide bonds. The summed E-state index contributed by atoms with van der Waals surface area (Å²) < 4.78 is 5.61. The van der Waals surface area contributed by atoms with Crippen LogP contribution in [0.5, 0.6) is 11.5 Å². The number of benzene rings is 1. The molecule has 5 saturated carbocycles. The van der Waals surface area contributed by atoms with Crippen molar-refractivity contribution in [1.29, 1.82) is 0 Å². The summed E-state index contributed by atoms with van der Waals surface area (Å²) in [5.74, 6) is 3.92. The van der Waals surface area contributed by atoms with Crippen LogP contribution in [-0.2, 0) is 26.3 Å². The Balaban J connectivity index is 0.000000645. The zero-order valence-corrected chi connectivity index (χ0v) is 21.1. The summed E-state index contributed by atoms with van der Waals surface area (Å²) in [6.45, 7) is 0. The summed E-state index contributed by atoms with van der Waals surface area (Å²) in [6, 6.07) is 4.51. The SMILES string of the molecule is COc1cc(C=NC2CCCC2)c(O)c(C23CC4CC(CC(C4)C2)C3)c1.[Cl][Zr][Cl]. The monoisotopic (exact) mass is 513 g/mol. The summed E-state index contributed by atoms with van der Waals surface area (Å²) in [4.78, 5) is 4.78. The first-order valence-electron chi connectivity index (χ1n) is 11.0. The Morgan fingerprint density at radius 1 is 1.07 bits per heavy atom. The van der Waals surface area contributed by atoms with Gasteiger partial charge in [-0.25, -0.2) is 0 Å². The Bertz CT molecular complexity index is 713. The summed E-state index contributed by atoms with van der Waals surface area (Å²) in [5.41, 5.74) is 2.16. The third-order valence-corrected chi connectivity index (χ3v) is 7.71. The van der Waals surface area contributed by atoms with Crippen LogP contribution in [0.2, 0.25) is 0 Å². The molecule has 1 aromatic carbocycles. The molecule has 5 aliphatic rings. The second kappa shape index (κ2) is 9.62. The van der Waals surface area contributed by atoms with Gasteiger partial charge in [0.05, 0.1) is 7.11 Å². The maximum absolute atomic E-state index is 11.2. The van der Waals surface area contributed by atoms with Crippen molar-refractivity contribution in [3.63, 3.8) is 0 Å². The maximum atomic E-state index is 11.2. The van der Waals surface area contributed by atoms with Gasteiger partial charge in [0.15, 0.2) is 0 Å². The van der Waals surface area contributed by atoms with E-state index in [1.807, 2.05) is 12.3 Å². The Labute approximate surface area is 193 Å². The molecule has 6 rings (SSSR count). The van der Waals surface area contributed by atoms with Crippen molar-refractivity contribution in [3.8, 4) is 11.5 Å². The molecule has 1 aromatic rings. The van der Waals surface area contributed by atoms with E-state index >= 15 is 0 Å². The van der Waals surface area contributed by atoms with E-state index in [9.17, 15) is 5.11 Å². The van der Waals surface area contributed by atoms with Gasteiger partial charge in [-0.15, -0.1) is 0 Å². The number of phenols is 1. The number of aromatic hydroxyl groups is 1. The Morgan fingerprint density at radius 3 is 2.14 bits per heavy atom.